The molecule has 3 nitrogen and oxygen atoms in total. The fraction of sp³-hybridized carbons (Fsp3) is 0.600. The van der Waals surface area contributed by atoms with Crippen molar-refractivity contribution in [1.29, 1.82) is 0 Å². The van der Waals surface area contributed by atoms with Gasteiger partial charge in [0, 0.05) is 13.1 Å². The van der Waals surface area contributed by atoms with Crippen LogP contribution in [-0.2, 0) is 0 Å². The molecule has 1 N–H and O–H groups in total. The number of nitrogens with zero attached hydrogens (tertiary/aromatic N) is 2. The van der Waals surface area contributed by atoms with Crippen LogP contribution in [0.15, 0.2) is 5.10 Å². The Hall–Kier alpha value is 0.0300. The van der Waals surface area contributed by atoms with Crippen LogP contribution in [0.1, 0.15) is 0 Å². The molecule has 2 aliphatic rings. The van der Waals surface area contributed by atoms with E-state index < -0.39 is 0 Å². The molecule has 0 radical (unpaired) electrons. The molecular weight excluding hydrogens is 229 g/mol. The largest absolute Gasteiger partial charge is 0.312 e. The second kappa shape index (κ2) is 2.34. The summed E-state index contributed by atoms with van der Waals surface area (Å²) in [4.78, 5) is 0. The minimum absolute atomic E-state index is 0.178. The average molecular weight is 237 g/mol. The number of halogens is 1. The van der Waals surface area contributed by atoms with Gasteiger partial charge in [-0.05, 0) is 0 Å². The lowest BCUT2D eigenvalue weighted by atomic mass is 10.2. The Bertz CT molecular complexity index is 150. The van der Waals surface area contributed by atoms with E-state index in [-0.39, 0.29) is 20.7 Å². The van der Waals surface area contributed by atoms with Crippen LogP contribution in [0.4, 0.5) is 0 Å². The second-order valence-corrected chi connectivity index (χ2v) is 3.96. The van der Waals surface area contributed by atoms with Gasteiger partial charge >= 0.3 is 0 Å². The Morgan fingerprint density at radius 3 is 3.00 bits per heavy atom. The number of hydrogen-bond acceptors (Lipinski definition) is 3. The molecule has 0 amide bonds. The maximum atomic E-state index is 4.22. The van der Waals surface area contributed by atoms with Gasteiger partial charge < -0.3 is 5.32 Å². The molecule has 2 heterocycles. The number of hydrogen-bond donors (Lipinski definition) is 1. The first-order chi connectivity index (χ1) is 4.47. The molecule has 2 rings (SSSR count). The van der Waals surface area contributed by atoms with E-state index >= 15 is 0 Å². The van der Waals surface area contributed by atoms with E-state index in [2.05, 4.69) is 23.8 Å². The Balaban J connectivity index is 1.97. The van der Waals surface area contributed by atoms with Gasteiger partial charge in [0.15, 0.2) is 0 Å². The number of hydrazone groups is 1. The molecular formula is C5H8IN3. The van der Waals surface area contributed by atoms with Crippen molar-refractivity contribution in [2.45, 2.75) is 6.04 Å². The monoisotopic (exact) mass is 237 g/mol. The zero-order valence-electron chi connectivity index (χ0n) is 4.92. The molecule has 4 heteroatoms. The summed E-state index contributed by atoms with van der Waals surface area (Å²) in [6.07, 6.45) is 0. The van der Waals surface area contributed by atoms with Gasteiger partial charge in [-0.2, -0.15) is 5.10 Å². The molecule has 0 aromatic carbocycles. The predicted molar refractivity (Wildman–Crippen MR) is 47.1 cm³/mol. The van der Waals surface area contributed by atoms with Crippen LogP contribution >= 0.6 is 20.7 Å². The summed E-state index contributed by atoms with van der Waals surface area (Å²) in [5, 5.41) is 9.54. The molecule has 0 spiro atoms. The van der Waals surface area contributed by atoms with Crippen LogP contribution in [0.2, 0.25) is 0 Å². The van der Waals surface area contributed by atoms with E-state index in [9.17, 15) is 0 Å². The van der Waals surface area contributed by atoms with Gasteiger partial charge in [0.2, 0.25) is 0 Å². The van der Waals surface area contributed by atoms with Crippen molar-refractivity contribution in [3.63, 3.8) is 0 Å². The maximum absolute atomic E-state index is 4.22. The summed E-state index contributed by atoms with van der Waals surface area (Å²) in [7, 11) is 0. The quantitative estimate of drug-likeness (QED) is 0.647. The number of nitrogens with one attached hydrogen (secondary N) is 1. The molecule has 1 saturated heterocycles. The van der Waals surface area contributed by atoms with Crippen molar-refractivity contribution in [1.82, 2.24) is 10.3 Å². The average Bonchev–Trinajstić information content (AvgIpc) is 2.11. The molecule has 9 heavy (non-hydrogen) atoms. The first-order valence-corrected chi connectivity index (χ1v) is 5.43. The first-order valence-electron chi connectivity index (χ1n) is 2.93. The molecule has 0 unspecified atom stereocenters. The zero-order valence-corrected chi connectivity index (χ0v) is 7.08. The van der Waals surface area contributed by atoms with Gasteiger partial charge in [-0.15, -0.1) is 0 Å². The van der Waals surface area contributed by atoms with Crippen LogP contribution in [-0.4, -0.2) is 32.5 Å². The summed E-state index contributed by atoms with van der Waals surface area (Å²) in [5.41, 5.74) is 0. The Morgan fingerprint density at radius 1 is 1.67 bits per heavy atom. The van der Waals surface area contributed by atoms with Crippen LogP contribution < -0.4 is 5.32 Å². The lowest BCUT2D eigenvalue weighted by Gasteiger charge is -2.32. The van der Waals surface area contributed by atoms with Gasteiger partial charge in [-0.3, -0.25) is 5.01 Å². The third-order valence-electron chi connectivity index (χ3n) is 1.52. The second-order valence-electron chi connectivity index (χ2n) is 2.13. The van der Waals surface area contributed by atoms with Crippen molar-refractivity contribution >= 4 is 29.1 Å². The fourth-order valence-corrected chi connectivity index (χ4v) is 2.32. The topological polar surface area (TPSA) is 27.6 Å². The minimum atomic E-state index is 0.178. The molecule has 2 aliphatic heterocycles. The molecule has 0 aliphatic carbocycles. The van der Waals surface area contributed by atoms with Crippen molar-refractivity contribution in [3.05, 3.63) is 0 Å². The lowest BCUT2D eigenvalue weighted by Crippen LogP contribution is -2.54. The van der Waals surface area contributed by atoms with Crippen molar-refractivity contribution < 1.29 is 0 Å². The van der Waals surface area contributed by atoms with Gasteiger partial charge in [0.25, 0.3) is 0 Å². The van der Waals surface area contributed by atoms with Gasteiger partial charge in [0.05, 0.1) is 14.4 Å². The summed E-state index contributed by atoms with van der Waals surface area (Å²) in [6, 6.07) is 0.670. The third-order valence-corrected chi connectivity index (χ3v) is 2.99. The van der Waals surface area contributed by atoms with Crippen LogP contribution in [0.3, 0.4) is 0 Å². The highest BCUT2D eigenvalue weighted by molar-refractivity contribution is 14.2. The number of rotatable bonds is 1. The SMILES string of the molecule is C1=NN(C2CNC2)C=I1. The third kappa shape index (κ3) is 1.01. The molecule has 1 fully saturated rings. The molecule has 0 saturated carbocycles. The van der Waals surface area contributed by atoms with Crippen molar-refractivity contribution in [2.75, 3.05) is 13.1 Å². The molecule has 0 bridgehead atoms. The highest BCUT2D eigenvalue weighted by Gasteiger charge is 2.22. The first kappa shape index (κ1) is 5.79. The summed E-state index contributed by atoms with van der Waals surface area (Å²) in [6.45, 7) is 2.22. The fourth-order valence-electron chi connectivity index (χ4n) is 0.818. The van der Waals surface area contributed by atoms with Crippen LogP contribution in [0, 0.1) is 0 Å². The van der Waals surface area contributed by atoms with Gasteiger partial charge in [-0.25, -0.2) is 0 Å². The standard InChI is InChI=1S/C5H8IN3/c1-5(2-7-1)9-4-6-3-8-9/h3-5,7H,1-2H2. The molecule has 0 aromatic rings. The molecule has 50 valence electrons. The van der Waals surface area contributed by atoms with E-state index in [0.717, 1.165) is 13.1 Å². The Labute approximate surface area is 63.9 Å². The summed E-state index contributed by atoms with van der Waals surface area (Å²) in [5.74, 6) is 0. The van der Waals surface area contributed by atoms with E-state index in [1.54, 1.807) is 0 Å². The van der Waals surface area contributed by atoms with E-state index in [0.29, 0.717) is 6.04 Å². The molecule has 0 aromatic heterocycles. The summed E-state index contributed by atoms with van der Waals surface area (Å²) < 4.78 is 4.29. The highest BCUT2D eigenvalue weighted by Crippen LogP contribution is 2.10. The lowest BCUT2D eigenvalue weighted by molar-refractivity contribution is 0.251. The summed E-state index contributed by atoms with van der Waals surface area (Å²) >= 11 is 0.178. The maximum Gasteiger partial charge on any atom is 0.0817 e. The molecule has 0 atom stereocenters. The Morgan fingerprint density at radius 2 is 2.56 bits per heavy atom. The Kier molecular flexibility index (Phi) is 1.50. The van der Waals surface area contributed by atoms with Crippen molar-refractivity contribution in [2.24, 2.45) is 5.10 Å². The van der Waals surface area contributed by atoms with Gasteiger partial charge in [0.1, 0.15) is 0 Å². The van der Waals surface area contributed by atoms with Crippen molar-refractivity contribution in [3.8, 4) is 0 Å². The normalized spacial score (nSPS) is 26.0. The van der Waals surface area contributed by atoms with E-state index in [1.165, 1.54) is 0 Å². The van der Waals surface area contributed by atoms with Crippen LogP contribution in [0.25, 0.3) is 0 Å². The zero-order chi connectivity index (χ0) is 6.10. The predicted octanol–water partition coefficient (Wildman–Crippen LogP) is -0.0525. The van der Waals surface area contributed by atoms with Gasteiger partial charge in [-0.1, -0.05) is 20.7 Å². The van der Waals surface area contributed by atoms with Crippen LogP contribution in [0.5, 0.6) is 0 Å². The van der Waals surface area contributed by atoms with E-state index in [4.69, 9.17) is 0 Å². The highest BCUT2D eigenvalue weighted by atomic mass is 127. The smallest absolute Gasteiger partial charge is 0.0817 e. The minimum Gasteiger partial charge on any atom is -0.312 e. The van der Waals surface area contributed by atoms with E-state index in [1.807, 2.05) is 0 Å².